The van der Waals surface area contributed by atoms with E-state index in [-0.39, 0.29) is 12.0 Å². The Kier molecular flexibility index (Phi) is 7.97. The molecule has 162 valence electrons. The third-order valence-electron chi connectivity index (χ3n) is 5.45. The molecule has 1 amide bonds. The number of ether oxygens (including phenoxy) is 4. The van der Waals surface area contributed by atoms with E-state index in [1.807, 2.05) is 47.4 Å². The quantitative estimate of drug-likeness (QED) is 0.592. The van der Waals surface area contributed by atoms with Gasteiger partial charge >= 0.3 is 0 Å². The van der Waals surface area contributed by atoms with Crippen LogP contribution in [-0.2, 0) is 22.5 Å². The number of nitrogens with zero attached hydrogens (tertiary/aromatic N) is 1. The number of hydrogen-bond donors (Lipinski definition) is 0. The Hall–Kier alpha value is -2.73. The second-order valence-electron chi connectivity index (χ2n) is 7.40. The lowest BCUT2D eigenvalue weighted by Crippen LogP contribution is -2.37. The molecule has 1 atom stereocenters. The van der Waals surface area contributed by atoms with Gasteiger partial charge in [-0.1, -0.05) is 18.2 Å². The Morgan fingerprint density at radius 2 is 1.80 bits per heavy atom. The smallest absolute Gasteiger partial charge is 0.223 e. The third-order valence-corrected chi connectivity index (χ3v) is 5.45. The molecule has 1 saturated heterocycles. The molecule has 0 radical (unpaired) electrons. The fourth-order valence-corrected chi connectivity index (χ4v) is 3.80. The number of rotatable bonds is 10. The van der Waals surface area contributed by atoms with Crippen molar-refractivity contribution in [3.05, 3.63) is 53.6 Å². The first-order valence-corrected chi connectivity index (χ1v) is 10.4. The zero-order chi connectivity index (χ0) is 21.3. The van der Waals surface area contributed by atoms with Crippen molar-refractivity contribution in [2.75, 3.05) is 34.5 Å². The second-order valence-corrected chi connectivity index (χ2v) is 7.40. The molecule has 0 aromatic heterocycles. The van der Waals surface area contributed by atoms with Crippen molar-refractivity contribution in [2.24, 2.45) is 0 Å². The zero-order valence-corrected chi connectivity index (χ0v) is 18.1. The van der Waals surface area contributed by atoms with Crippen LogP contribution in [0.15, 0.2) is 42.5 Å². The average Bonchev–Trinajstić information content (AvgIpc) is 3.30. The molecule has 3 rings (SSSR count). The molecule has 1 unspecified atom stereocenters. The zero-order valence-electron chi connectivity index (χ0n) is 18.1. The summed E-state index contributed by atoms with van der Waals surface area (Å²) in [6.07, 6.45) is 3.08. The fraction of sp³-hybridized carbons (Fsp3) is 0.458. The van der Waals surface area contributed by atoms with Crippen LogP contribution >= 0.6 is 0 Å². The van der Waals surface area contributed by atoms with Gasteiger partial charge in [-0.25, -0.2) is 0 Å². The normalized spacial score (nSPS) is 15.6. The van der Waals surface area contributed by atoms with Crippen molar-refractivity contribution in [3.8, 4) is 17.2 Å². The molecule has 2 aromatic carbocycles. The van der Waals surface area contributed by atoms with Crippen LogP contribution in [0.1, 0.15) is 30.4 Å². The molecule has 1 fully saturated rings. The summed E-state index contributed by atoms with van der Waals surface area (Å²) in [5.74, 6) is 2.39. The van der Waals surface area contributed by atoms with Crippen molar-refractivity contribution in [1.82, 2.24) is 4.90 Å². The van der Waals surface area contributed by atoms with Crippen LogP contribution in [0, 0.1) is 0 Å². The van der Waals surface area contributed by atoms with Gasteiger partial charge < -0.3 is 23.8 Å². The predicted octanol–water partition coefficient (Wildman–Crippen LogP) is 3.85. The van der Waals surface area contributed by atoms with E-state index >= 15 is 0 Å². The van der Waals surface area contributed by atoms with E-state index in [1.165, 1.54) is 0 Å². The topological polar surface area (TPSA) is 57.2 Å². The van der Waals surface area contributed by atoms with E-state index in [9.17, 15) is 4.79 Å². The van der Waals surface area contributed by atoms with Gasteiger partial charge in [0.1, 0.15) is 17.2 Å². The molecule has 1 aliphatic heterocycles. The van der Waals surface area contributed by atoms with Gasteiger partial charge in [0.25, 0.3) is 0 Å². The fourth-order valence-electron chi connectivity index (χ4n) is 3.80. The maximum Gasteiger partial charge on any atom is 0.223 e. The van der Waals surface area contributed by atoms with Gasteiger partial charge in [0, 0.05) is 31.7 Å². The summed E-state index contributed by atoms with van der Waals surface area (Å²) in [4.78, 5) is 15.1. The largest absolute Gasteiger partial charge is 0.497 e. The van der Waals surface area contributed by atoms with Crippen molar-refractivity contribution in [1.29, 1.82) is 0 Å². The highest BCUT2D eigenvalue weighted by atomic mass is 16.5. The lowest BCUT2D eigenvalue weighted by molar-refractivity contribution is -0.133. The number of carbonyl (C=O) groups is 1. The number of benzene rings is 2. The van der Waals surface area contributed by atoms with Gasteiger partial charge in [0.15, 0.2) is 0 Å². The molecular formula is C24H31NO5. The molecule has 1 heterocycles. The number of aryl methyl sites for hydroxylation is 1. The Morgan fingerprint density at radius 1 is 1.03 bits per heavy atom. The summed E-state index contributed by atoms with van der Waals surface area (Å²) in [6.45, 7) is 1.85. The first-order valence-electron chi connectivity index (χ1n) is 10.4. The Morgan fingerprint density at radius 3 is 2.50 bits per heavy atom. The van der Waals surface area contributed by atoms with Crippen LogP contribution in [0.3, 0.4) is 0 Å². The molecule has 6 heteroatoms. The minimum Gasteiger partial charge on any atom is -0.497 e. The summed E-state index contributed by atoms with van der Waals surface area (Å²) in [5, 5.41) is 0. The molecule has 0 N–H and O–H groups in total. The summed E-state index contributed by atoms with van der Waals surface area (Å²) in [5.41, 5.74) is 1.95. The van der Waals surface area contributed by atoms with E-state index in [1.54, 1.807) is 21.3 Å². The number of hydrogen-bond acceptors (Lipinski definition) is 5. The minimum atomic E-state index is 0.0845. The molecule has 0 bridgehead atoms. The summed E-state index contributed by atoms with van der Waals surface area (Å²) >= 11 is 0. The maximum absolute atomic E-state index is 13.2. The van der Waals surface area contributed by atoms with Crippen LogP contribution in [0.4, 0.5) is 0 Å². The highest BCUT2D eigenvalue weighted by molar-refractivity contribution is 5.76. The number of carbonyl (C=O) groups excluding carboxylic acids is 1. The highest BCUT2D eigenvalue weighted by Crippen LogP contribution is 2.26. The van der Waals surface area contributed by atoms with Gasteiger partial charge in [-0.15, -0.1) is 0 Å². The van der Waals surface area contributed by atoms with Gasteiger partial charge in [0.2, 0.25) is 5.91 Å². The SMILES string of the molecule is COc1ccc(OC)c(CCC(=O)N(Cc2ccccc2OC)CC2CCCO2)c1. The monoisotopic (exact) mass is 413 g/mol. The molecule has 0 saturated carbocycles. The molecule has 0 spiro atoms. The first-order chi connectivity index (χ1) is 14.6. The highest BCUT2D eigenvalue weighted by Gasteiger charge is 2.24. The van der Waals surface area contributed by atoms with Crippen molar-refractivity contribution in [2.45, 2.75) is 38.3 Å². The van der Waals surface area contributed by atoms with E-state index in [0.29, 0.717) is 25.9 Å². The van der Waals surface area contributed by atoms with E-state index in [4.69, 9.17) is 18.9 Å². The van der Waals surface area contributed by atoms with Crippen LogP contribution in [0.2, 0.25) is 0 Å². The Balaban J connectivity index is 1.73. The lowest BCUT2D eigenvalue weighted by Gasteiger charge is -2.26. The van der Waals surface area contributed by atoms with Gasteiger partial charge in [-0.2, -0.15) is 0 Å². The van der Waals surface area contributed by atoms with Gasteiger partial charge in [-0.3, -0.25) is 4.79 Å². The van der Waals surface area contributed by atoms with E-state index < -0.39 is 0 Å². The Labute approximate surface area is 178 Å². The maximum atomic E-state index is 13.2. The summed E-state index contributed by atoms with van der Waals surface area (Å²) < 4.78 is 22.1. The van der Waals surface area contributed by atoms with Crippen LogP contribution in [0.25, 0.3) is 0 Å². The van der Waals surface area contributed by atoms with E-state index in [0.717, 1.165) is 47.8 Å². The van der Waals surface area contributed by atoms with Gasteiger partial charge in [-0.05, 0) is 49.1 Å². The lowest BCUT2D eigenvalue weighted by atomic mass is 10.1. The Bertz CT molecular complexity index is 832. The average molecular weight is 414 g/mol. The first kappa shape index (κ1) is 22.0. The standard InChI is InChI=1S/C24H31NO5/c1-27-20-11-12-23(29-3)18(15-20)10-13-24(26)25(17-21-8-6-14-30-21)16-19-7-4-5-9-22(19)28-2/h4-5,7,9,11-12,15,21H,6,8,10,13-14,16-17H2,1-3H3. The molecule has 1 aliphatic rings. The molecular weight excluding hydrogens is 382 g/mol. The molecule has 6 nitrogen and oxygen atoms in total. The number of amides is 1. The van der Waals surface area contributed by atoms with Crippen molar-refractivity contribution >= 4 is 5.91 Å². The van der Waals surface area contributed by atoms with Crippen LogP contribution in [-0.4, -0.2) is 51.4 Å². The molecule has 0 aliphatic carbocycles. The number of para-hydroxylation sites is 1. The van der Waals surface area contributed by atoms with Crippen molar-refractivity contribution in [3.63, 3.8) is 0 Å². The minimum absolute atomic E-state index is 0.0845. The van der Waals surface area contributed by atoms with E-state index in [2.05, 4.69) is 0 Å². The number of methoxy groups -OCH3 is 3. The predicted molar refractivity (Wildman–Crippen MR) is 115 cm³/mol. The second kappa shape index (κ2) is 10.9. The molecule has 2 aromatic rings. The molecule has 30 heavy (non-hydrogen) atoms. The summed E-state index contributed by atoms with van der Waals surface area (Å²) in [6, 6.07) is 13.5. The van der Waals surface area contributed by atoms with Crippen molar-refractivity contribution < 1.29 is 23.7 Å². The van der Waals surface area contributed by atoms with Crippen LogP contribution in [0.5, 0.6) is 17.2 Å². The summed E-state index contributed by atoms with van der Waals surface area (Å²) in [7, 11) is 4.92. The third kappa shape index (κ3) is 5.66. The van der Waals surface area contributed by atoms with Gasteiger partial charge in [0.05, 0.1) is 27.4 Å². The van der Waals surface area contributed by atoms with Crippen LogP contribution < -0.4 is 14.2 Å².